The summed E-state index contributed by atoms with van der Waals surface area (Å²) in [7, 11) is 16.0. The SMILES string of the molecule is CC.CC.CN(C)C.CN(C)C.CSc1ccc(-c2nc3c(C)ccc(C)c3o2)cc1.Cc1ccc(C)c2c1nc(-c1ccccn1)n2C.Cc1ccc(C)c2oc(-c3ccccn3)nc12.Cc1ccc(C)c2oc(-c3cccnc3)nc12.[C-]#[N+]c1c(C#N)c(C)c2nc(-c3ccccn3)n(C)c2c1C. The van der Waals surface area contributed by atoms with Crippen LogP contribution in [0.15, 0.2) is 189 Å². The molecule has 540 valence electrons. The van der Waals surface area contributed by atoms with Gasteiger partial charge in [-0.2, -0.15) is 5.26 Å². The molecule has 15 rings (SSSR count). The van der Waals surface area contributed by atoms with Gasteiger partial charge in [-0.05, 0) is 246 Å². The number of aryl methyl sites for hydroxylation is 12. The van der Waals surface area contributed by atoms with Crippen LogP contribution >= 0.6 is 11.8 Å². The highest BCUT2D eigenvalue weighted by Crippen LogP contribution is 2.38. The summed E-state index contributed by atoms with van der Waals surface area (Å²) in [6.45, 7) is 35.5. The van der Waals surface area contributed by atoms with Gasteiger partial charge in [0.15, 0.2) is 28.4 Å². The second kappa shape index (κ2) is 38.2. The van der Waals surface area contributed by atoms with Crippen LogP contribution in [0.25, 0.3) is 118 Å². The molecule has 18 nitrogen and oxygen atoms in total. The van der Waals surface area contributed by atoms with Crippen molar-refractivity contribution in [1.29, 1.82) is 5.26 Å². The summed E-state index contributed by atoms with van der Waals surface area (Å²) in [5.74, 6) is 3.55. The predicted octanol–water partition coefficient (Wildman–Crippen LogP) is 21.2. The Morgan fingerprint density at radius 3 is 1.20 bits per heavy atom. The Morgan fingerprint density at radius 2 is 0.810 bits per heavy atom. The molecule has 0 N–H and O–H groups in total. The monoisotopic (exact) mass is 1420 g/mol. The average Bonchev–Trinajstić information content (AvgIpc) is 1.63. The van der Waals surface area contributed by atoms with Gasteiger partial charge in [0.05, 0.1) is 45.8 Å². The Morgan fingerprint density at radius 1 is 0.419 bits per heavy atom. The lowest BCUT2D eigenvalue weighted by Crippen LogP contribution is -1.99. The van der Waals surface area contributed by atoms with Crippen molar-refractivity contribution in [2.24, 2.45) is 14.1 Å². The van der Waals surface area contributed by atoms with Crippen molar-refractivity contribution in [3.63, 3.8) is 0 Å². The first-order chi connectivity index (χ1) is 50.4. The van der Waals surface area contributed by atoms with E-state index in [4.69, 9.17) is 24.8 Å². The fourth-order valence-electron chi connectivity index (χ4n) is 11.0. The van der Waals surface area contributed by atoms with Gasteiger partial charge in [0.1, 0.15) is 33.6 Å². The molecule has 0 aliphatic carbocycles. The number of aromatic nitrogens is 11. The van der Waals surface area contributed by atoms with E-state index in [0.717, 1.165) is 134 Å². The number of hydrogen-bond acceptors (Lipinski definition) is 16. The van der Waals surface area contributed by atoms with Crippen LogP contribution in [0.4, 0.5) is 5.69 Å². The average molecular weight is 1420 g/mol. The standard InChI is InChI=1S/C17H13N5.C16H15NOS.C15H15N3.2C14H12N2O.2C3H9N.2C2H6/c1-10-12(9-18)14(19-3)11(2)16-15(10)21-17(22(16)4)13-7-5-6-8-20-13;1-10-4-5-11(2)15-14(10)17-16(18-15)12-6-8-13(19-3)9-7-12;1-10-7-8-11(2)14-13(10)17-15(18(14)3)12-6-4-5-9-16-12;1-9-5-6-10(2)13-12(9)16-14(17-13)11-4-3-7-15-8-11;1-9-6-7-10(2)13-12(9)16-14(17-13)11-5-3-4-8-15-11;2*1-4(2)3;2*1-2/h5-8H,1-2,4H3;4-9H,1-3H3;4-9H,1-3H3;2*3-8H,1-2H3;2*1-3H3;2*1-2H3. The summed E-state index contributed by atoms with van der Waals surface area (Å²) in [6, 6.07) is 48.2. The molecule has 0 amide bonds. The van der Waals surface area contributed by atoms with Gasteiger partial charge in [-0.1, -0.05) is 94.4 Å². The molecule has 0 saturated carbocycles. The van der Waals surface area contributed by atoms with E-state index in [1.807, 2.05) is 220 Å². The van der Waals surface area contributed by atoms with Gasteiger partial charge >= 0.3 is 0 Å². The van der Waals surface area contributed by atoms with Crippen LogP contribution in [0.3, 0.4) is 0 Å². The number of imidazole rings is 2. The molecule has 0 fully saturated rings. The van der Waals surface area contributed by atoms with E-state index in [-0.39, 0.29) is 0 Å². The van der Waals surface area contributed by atoms with E-state index < -0.39 is 0 Å². The second-order valence-corrected chi connectivity index (χ2v) is 26.1. The molecule has 0 aliphatic rings. The predicted molar refractivity (Wildman–Crippen MR) is 434 cm³/mol. The maximum atomic E-state index is 9.37. The number of oxazole rings is 3. The quantitative estimate of drug-likeness (QED) is 0.112. The van der Waals surface area contributed by atoms with Crippen LogP contribution in [-0.2, 0) is 14.1 Å². The topological polar surface area (TPSA) is 200 Å². The molecule has 15 aromatic rings. The van der Waals surface area contributed by atoms with Gasteiger partial charge in [0.25, 0.3) is 0 Å². The highest BCUT2D eigenvalue weighted by atomic mass is 32.2. The summed E-state index contributed by atoms with van der Waals surface area (Å²) < 4.78 is 21.6. The Kier molecular flexibility index (Phi) is 29.4. The third-order valence-electron chi connectivity index (χ3n) is 16.2. The molecule has 9 aromatic heterocycles. The van der Waals surface area contributed by atoms with Gasteiger partial charge in [-0.3, -0.25) is 19.9 Å². The number of nitrogens with zero attached hydrogens (tertiary/aromatic N) is 15. The molecule has 0 bridgehead atoms. The van der Waals surface area contributed by atoms with Crippen LogP contribution < -0.4 is 0 Å². The molecule has 0 saturated heterocycles. The van der Waals surface area contributed by atoms with Gasteiger partial charge in [-0.15, -0.1) is 11.8 Å². The highest BCUT2D eigenvalue weighted by Gasteiger charge is 2.22. The highest BCUT2D eigenvalue weighted by molar-refractivity contribution is 7.98. The van der Waals surface area contributed by atoms with E-state index in [9.17, 15) is 5.26 Å². The third-order valence-corrected chi connectivity index (χ3v) is 16.9. The maximum Gasteiger partial charge on any atom is 0.246 e. The number of rotatable bonds is 6. The van der Waals surface area contributed by atoms with Crippen molar-refractivity contribution >= 4 is 72.8 Å². The van der Waals surface area contributed by atoms with Gasteiger partial charge < -0.3 is 32.2 Å². The van der Waals surface area contributed by atoms with E-state index in [1.54, 1.807) is 42.7 Å². The van der Waals surface area contributed by atoms with E-state index in [2.05, 4.69) is 149 Å². The van der Waals surface area contributed by atoms with Gasteiger partial charge in [0.2, 0.25) is 23.4 Å². The van der Waals surface area contributed by atoms with Crippen molar-refractivity contribution in [1.82, 2.24) is 63.8 Å². The molecule has 0 unspecified atom stereocenters. The molecular formula is C86H97N15O3S. The van der Waals surface area contributed by atoms with Crippen molar-refractivity contribution in [2.75, 3.05) is 48.5 Å². The number of thioether (sulfide) groups is 1. The van der Waals surface area contributed by atoms with E-state index >= 15 is 0 Å². The second-order valence-electron chi connectivity index (χ2n) is 25.3. The number of benzene rings is 6. The first kappa shape index (κ1) is 80.8. The molecule has 9 heterocycles. The van der Waals surface area contributed by atoms with Crippen molar-refractivity contribution in [3.8, 4) is 63.6 Å². The first-order valence-electron chi connectivity index (χ1n) is 34.8. The summed E-state index contributed by atoms with van der Waals surface area (Å²) in [4.78, 5) is 48.9. The smallest absolute Gasteiger partial charge is 0.246 e. The number of hydrogen-bond donors (Lipinski definition) is 0. The van der Waals surface area contributed by atoms with Gasteiger partial charge in [-0.25, -0.2) is 29.8 Å². The fraction of sp³-hybridized carbons (Fsp3) is 0.267. The lowest BCUT2D eigenvalue weighted by Gasteiger charge is -2.08. The van der Waals surface area contributed by atoms with Crippen LogP contribution in [0.2, 0.25) is 0 Å². The van der Waals surface area contributed by atoms with Gasteiger partial charge in [0, 0.05) is 55.5 Å². The molecule has 0 radical (unpaired) electrons. The zero-order valence-electron chi connectivity index (χ0n) is 65.0. The lowest BCUT2D eigenvalue weighted by atomic mass is 10.0. The van der Waals surface area contributed by atoms with Crippen LogP contribution in [0.1, 0.15) is 88.9 Å². The minimum absolute atomic E-state index is 0.406. The van der Waals surface area contributed by atoms with Crippen LogP contribution in [0.5, 0.6) is 0 Å². The number of nitriles is 1. The normalized spacial score (nSPS) is 10.4. The molecule has 105 heavy (non-hydrogen) atoms. The van der Waals surface area contributed by atoms with Crippen molar-refractivity contribution in [2.45, 2.75) is 102 Å². The lowest BCUT2D eigenvalue weighted by molar-refractivity contribution is 0.505. The molecule has 0 atom stereocenters. The van der Waals surface area contributed by atoms with E-state index in [1.165, 1.54) is 21.5 Å². The summed E-state index contributed by atoms with van der Waals surface area (Å²) in [5, 5.41) is 9.37. The fourth-order valence-corrected chi connectivity index (χ4v) is 11.4. The Labute approximate surface area is 622 Å². The molecule has 19 heteroatoms. The van der Waals surface area contributed by atoms with Crippen molar-refractivity contribution in [3.05, 3.63) is 243 Å². The third kappa shape index (κ3) is 19.6. The minimum atomic E-state index is 0.406. The Balaban J connectivity index is 0.000000177. The van der Waals surface area contributed by atoms with Crippen LogP contribution in [0, 0.1) is 87.1 Å². The molecule has 0 aliphatic heterocycles. The summed E-state index contributed by atoms with van der Waals surface area (Å²) >= 11 is 1.73. The molecule has 0 spiro atoms. The molecular weight excluding hydrogens is 1320 g/mol. The minimum Gasteiger partial charge on any atom is -0.436 e. The summed E-state index contributed by atoms with van der Waals surface area (Å²) in [5.41, 5.74) is 25.2. The van der Waals surface area contributed by atoms with E-state index in [0.29, 0.717) is 28.9 Å². The molecule has 6 aromatic carbocycles. The van der Waals surface area contributed by atoms with Crippen LogP contribution in [-0.4, -0.2) is 112 Å². The van der Waals surface area contributed by atoms with Crippen molar-refractivity contribution < 1.29 is 13.3 Å². The zero-order valence-corrected chi connectivity index (χ0v) is 65.8. The zero-order chi connectivity index (χ0) is 76.8. The number of fused-ring (bicyclic) bond motifs is 5. The largest absolute Gasteiger partial charge is 0.436 e. The maximum absolute atomic E-state index is 9.37. The Hall–Kier alpha value is -11.5. The Bertz CT molecular complexity index is 5160. The summed E-state index contributed by atoms with van der Waals surface area (Å²) in [6.07, 6.45) is 10.8. The first-order valence-corrected chi connectivity index (χ1v) is 36.0. The number of pyridine rings is 4.